The van der Waals surface area contributed by atoms with Gasteiger partial charge >= 0.3 is 11.8 Å². The molecule has 0 spiro atoms. The Morgan fingerprint density at radius 2 is 1.72 bits per heavy atom. The van der Waals surface area contributed by atoms with E-state index in [2.05, 4.69) is 15.4 Å². The van der Waals surface area contributed by atoms with Crippen molar-refractivity contribution in [3.63, 3.8) is 0 Å². The lowest BCUT2D eigenvalue weighted by molar-refractivity contribution is -0.146. The summed E-state index contributed by atoms with van der Waals surface area (Å²) in [5.74, 6) is -0.604. The maximum Gasteiger partial charge on any atom is 0.329 e. The molecule has 0 unspecified atom stereocenters. The lowest BCUT2D eigenvalue weighted by Gasteiger charge is -2.36. The van der Waals surface area contributed by atoms with E-state index in [4.69, 9.17) is 27.9 Å². The van der Waals surface area contributed by atoms with Crippen LogP contribution in [0, 0.1) is 13.8 Å². The largest absolute Gasteiger partial charge is 0.495 e. The molecule has 0 atom stereocenters. The van der Waals surface area contributed by atoms with Crippen molar-refractivity contribution in [3.8, 4) is 11.4 Å². The molecule has 3 aromatic rings. The van der Waals surface area contributed by atoms with E-state index in [1.165, 1.54) is 11.1 Å². The van der Waals surface area contributed by atoms with Crippen molar-refractivity contribution in [2.24, 2.45) is 5.10 Å². The van der Waals surface area contributed by atoms with Crippen LogP contribution in [0.5, 0.6) is 5.75 Å². The van der Waals surface area contributed by atoms with E-state index < -0.39 is 11.8 Å². The fraction of sp³-hybridized carbons (Fsp3) is 0.269. The van der Waals surface area contributed by atoms with Gasteiger partial charge in [-0.1, -0.05) is 35.3 Å². The number of rotatable bonds is 5. The van der Waals surface area contributed by atoms with Crippen LogP contribution in [0.4, 0.5) is 5.69 Å². The summed E-state index contributed by atoms with van der Waals surface area (Å²) in [5.41, 5.74) is 6.65. The first kappa shape index (κ1) is 25.6. The number of anilines is 1. The summed E-state index contributed by atoms with van der Waals surface area (Å²) in [7, 11) is 1.63. The van der Waals surface area contributed by atoms with Crippen LogP contribution in [-0.2, 0) is 9.59 Å². The van der Waals surface area contributed by atoms with Gasteiger partial charge in [0.05, 0.1) is 29.7 Å². The molecule has 1 aliphatic rings. The van der Waals surface area contributed by atoms with Gasteiger partial charge in [-0.15, -0.1) is 0 Å². The van der Waals surface area contributed by atoms with Crippen molar-refractivity contribution in [3.05, 3.63) is 75.5 Å². The number of nitrogens with zero attached hydrogens (tertiary/aromatic N) is 4. The minimum Gasteiger partial charge on any atom is -0.495 e. The summed E-state index contributed by atoms with van der Waals surface area (Å²) < 4.78 is 7.39. The Bertz CT molecular complexity index is 1310. The average Bonchev–Trinajstić information content (AvgIpc) is 3.17. The number of aromatic nitrogens is 1. The number of hydrogen-bond donors (Lipinski definition) is 1. The SMILES string of the molecule is COc1ccccc1N1CCN(C(=O)C(=O)N/N=C\c2cc(C)n(-c3cc(Cl)ccc3Cl)c2C)CC1. The lowest BCUT2D eigenvalue weighted by atomic mass is 10.2. The van der Waals surface area contributed by atoms with E-state index in [1.807, 2.05) is 48.7 Å². The highest BCUT2D eigenvalue weighted by atomic mass is 35.5. The maximum atomic E-state index is 12.7. The molecule has 1 fully saturated rings. The molecule has 2 amide bonds. The zero-order chi connectivity index (χ0) is 25.8. The van der Waals surface area contributed by atoms with Crippen LogP contribution in [0.2, 0.25) is 10.0 Å². The van der Waals surface area contributed by atoms with E-state index in [0.717, 1.165) is 34.1 Å². The number of nitrogens with one attached hydrogen (secondary N) is 1. The van der Waals surface area contributed by atoms with Crippen molar-refractivity contribution < 1.29 is 14.3 Å². The molecule has 2 heterocycles. The van der Waals surface area contributed by atoms with E-state index in [9.17, 15) is 9.59 Å². The van der Waals surface area contributed by atoms with Crippen LogP contribution in [0.25, 0.3) is 5.69 Å². The summed E-state index contributed by atoms with van der Waals surface area (Å²) in [6, 6.07) is 14.9. The molecular formula is C26H27Cl2N5O3. The molecule has 4 rings (SSSR count). The number of amides is 2. The van der Waals surface area contributed by atoms with Crippen molar-refractivity contribution in [2.75, 3.05) is 38.2 Å². The number of benzene rings is 2. The number of ether oxygens (including phenoxy) is 1. The first-order valence-corrected chi connectivity index (χ1v) is 12.2. The number of carbonyl (C=O) groups is 2. The molecule has 0 bridgehead atoms. The quantitative estimate of drug-likeness (QED) is 0.306. The van der Waals surface area contributed by atoms with E-state index >= 15 is 0 Å². The van der Waals surface area contributed by atoms with Gasteiger partial charge in [-0.3, -0.25) is 9.59 Å². The number of para-hydroxylation sites is 2. The second kappa shape index (κ2) is 11.1. The fourth-order valence-electron chi connectivity index (χ4n) is 4.34. The number of halogens is 2. The monoisotopic (exact) mass is 527 g/mol. The zero-order valence-electron chi connectivity index (χ0n) is 20.3. The molecule has 36 heavy (non-hydrogen) atoms. The Morgan fingerprint density at radius 1 is 1.00 bits per heavy atom. The number of hydrazone groups is 1. The average molecular weight is 528 g/mol. The van der Waals surface area contributed by atoms with Crippen molar-refractivity contribution in [1.82, 2.24) is 14.9 Å². The summed E-state index contributed by atoms with van der Waals surface area (Å²) in [5, 5.41) is 5.16. The van der Waals surface area contributed by atoms with Crippen molar-refractivity contribution in [1.29, 1.82) is 0 Å². The number of aryl methyl sites for hydroxylation is 1. The normalized spacial score (nSPS) is 13.8. The van der Waals surface area contributed by atoms with Gasteiger partial charge in [-0.25, -0.2) is 5.43 Å². The van der Waals surface area contributed by atoms with Gasteiger partial charge in [0.15, 0.2) is 0 Å². The first-order valence-electron chi connectivity index (χ1n) is 11.4. The van der Waals surface area contributed by atoms with Gasteiger partial charge in [0.25, 0.3) is 0 Å². The van der Waals surface area contributed by atoms with Crippen LogP contribution in [0.3, 0.4) is 0 Å². The number of piperazine rings is 1. The second-order valence-corrected chi connectivity index (χ2v) is 9.25. The van der Waals surface area contributed by atoms with Crippen LogP contribution in [0.15, 0.2) is 53.6 Å². The molecule has 8 nitrogen and oxygen atoms in total. The third kappa shape index (κ3) is 5.34. The predicted molar refractivity (Wildman–Crippen MR) is 143 cm³/mol. The third-order valence-electron chi connectivity index (χ3n) is 6.18. The molecule has 0 saturated carbocycles. The van der Waals surface area contributed by atoms with E-state index in [0.29, 0.717) is 36.2 Å². The highest BCUT2D eigenvalue weighted by Crippen LogP contribution is 2.29. The smallest absolute Gasteiger partial charge is 0.329 e. The Labute approximate surface area is 220 Å². The second-order valence-electron chi connectivity index (χ2n) is 8.41. The summed E-state index contributed by atoms with van der Waals surface area (Å²) >= 11 is 12.5. The molecule has 2 aromatic carbocycles. The van der Waals surface area contributed by atoms with Gasteiger partial charge in [0, 0.05) is 48.2 Å². The van der Waals surface area contributed by atoms with Gasteiger partial charge in [0.1, 0.15) is 5.75 Å². The van der Waals surface area contributed by atoms with Gasteiger partial charge in [-0.05, 0) is 50.2 Å². The molecule has 1 aliphatic heterocycles. The van der Waals surface area contributed by atoms with Crippen LogP contribution in [-0.4, -0.2) is 60.8 Å². The number of methoxy groups -OCH3 is 1. The molecule has 0 aliphatic carbocycles. The topological polar surface area (TPSA) is 79.2 Å². The van der Waals surface area contributed by atoms with Gasteiger partial charge in [-0.2, -0.15) is 5.10 Å². The summed E-state index contributed by atoms with van der Waals surface area (Å²) in [4.78, 5) is 28.8. The molecule has 1 saturated heterocycles. The minimum absolute atomic E-state index is 0.426. The standard InChI is InChI=1S/C26H27Cl2N5O3/c1-17-14-19(18(2)33(17)23-15-20(27)8-9-21(23)28)16-29-30-25(34)26(35)32-12-10-31(11-13-32)22-6-4-5-7-24(22)36-3/h4-9,14-16H,10-13H2,1-3H3,(H,30,34)/b29-16-. The fourth-order valence-corrected chi connectivity index (χ4v) is 4.71. The lowest BCUT2D eigenvalue weighted by Crippen LogP contribution is -2.52. The predicted octanol–water partition coefficient (Wildman–Crippen LogP) is 4.21. The highest BCUT2D eigenvalue weighted by molar-refractivity contribution is 6.35. The highest BCUT2D eigenvalue weighted by Gasteiger charge is 2.27. The zero-order valence-corrected chi connectivity index (χ0v) is 21.8. The summed E-state index contributed by atoms with van der Waals surface area (Å²) in [6.07, 6.45) is 1.52. The van der Waals surface area contributed by atoms with Gasteiger partial charge in [0.2, 0.25) is 0 Å². The molecule has 10 heteroatoms. The van der Waals surface area contributed by atoms with E-state index in [1.54, 1.807) is 25.3 Å². The Morgan fingerprint density at radius 3 is 2.44 bits per heavy atom. The summed E-state index contributed by atoms with van der Waals surface area (Å²) in [6.45, 7) is 5.90. The molecular weight excluding hydrogens is 501 g/mol. The molecule has 0 radical (unpaired) electrons. The van der Waals surface area contributed by atoms with E-state index in [-0.39, 0.29) is 0 Å². The Balaban J connectivity index is 1.37. The Hall–Kier alpha value is -3.49. The molecule has 188 valence electrons. The first-order chi connectivity index (χ1) is 17.3. The van der Waals surface area contributed by atoms with Gasteiger partial charge < -0.3 is 19.1 Å². The minimum atomic E-state index is -0.774. The van der Waals surface area contributed by atoms with Crippen LogP contribution >= 0.6 is 23.2 Å². The van der Waals surface area contributed by atoms with Crippen LogP contribution < -0.4 is 15.1 Å². The maximum absolute atomic E-state index is 12.7. The molecule has 1 aromatic heterocycles. The molecule has 1 N–H and O–H groups in total. The number of carbonyl (C=O) groups excluding carboxylic acids is 2. The third-order valence-corrected chi connectivity index (χ3v) is 6.73. The Kier molecular flexibility index (Phi) is 7.86. The number of hydrogen-bond acceptors (Lipinski definition) is 5. The van der Waals surface area contributed by atoms with Crippen molar-refractivity contribution in [2.45, 2.75) is 13.8 Å². The van der Waals surface area contributed by atoms with Crippen LogP contribution in [0.1, 0.15) is 17.0 Å². The van der Waals surface area contributed by atoms with Crippen molar-refractivity contribution >= 4 is 46.9 Å².